The summed E-state index contributed by atoms with van der Waals surface area (Å²) in [6.45, 7) is 3.78. The Morgan fingerprint density at radius 2 is 1.80 bits per heavy atom. The third-order valence-electron chi connectivity index (χ3n) is 3.35. The lowest BCUT2D eigenvalue weighted by Gasteiger charge is -2.21. The Labute approximate surface area is 123 Å². The lowest BCUT2D eigenvalue weighted by Crippen LogP contribution is -2.36. The van der Waals surface area contributed by atoms with Gasteiger partial charge in [0, 0.05) is 4.47 Å². The molecule has 0 atom stereocenters. The second-order valence-electron chi connectivity index (χ2n) is 4.53. The summed E-state index contributed by atoms with van der Waals surface area (Å²) in [7, 11) is 0. The predicted molar refractivity (Wildman–Crippen MR) is 73.8 cm³/mol. The van der Waals surface area contributed by atoms with Gasteiger partial charge in [0.25, 0.3) is 5.89 Å². The standard InChI is InChI=1S/C13H14BrF2N3O/c1-3-13(17,4-2)12-18-11(20-19-12)10-8(15)5-7(14)6-9(10)16/h5-6H,3-4,17H2,1-2H3. The van der Waals surface area contributed by atoms with Crippen molar-refractivity contribution in [1.82, 2.24) is 10.1 Å². The number of hydrogen-bond acceptors (Lipinski definition) is 4. The summed E-state index contributed by atoms with van der Waals surface area (Å²) in [6.07, 6.45) is 1.18. The predicted octanol–water partition coefficient (Wildman–Crippen LogP) is 3.75. The van der Waals surface area contributed by atoms with Gasteiger partial charge in [-0.25, -0.2) is 8.78 Å². The van der Waals surface area contributed by atoms with Gasteiger partial charge < -0.3 is 10.3 Å². The fourth-order valence-electron chi connectivity index (χ4n) is 1.84. The van der Waals surface area contributed by atoms with Gasteiger partial charge >= 0.3 is 0 Å². The van der Waals surface area contributed by atoms with Crippen LogP contribution in [-0.2, 0) is 5.54 Å². The molecule has 0 spiro atoms. The molecule has 1 aromatic carbocycles. The highest BCUT2D eigenvalue weighted by Crippen LogP contribution is 2.30. The van der Waals surface area contributed by atoms with E-state index in [1.54, 1.807) is 0 Å². The van der Waals surface area contributed by atoms with E-state index in [1.807, 2.05) is 13.8 Å². The Morgan fingerprint density at radius 1 is 1.25 bits per heavy atom. The molecule has 20 heavy (non-hydrogen) atoms. The van der Waals surface area contributed by atoms with Crippen LogP contribution in [0.3, 0.4) is 0 Å². The fourth-order valence-corrected chi connectivity index (χ4v) is 2.24. The molecule has 0 saturated heterocycles. The van der Waals surface area contributed by atoms with Crippen LogP contribution in [0.1, 0.15) is 32.5 Å². The van der Waals surface area contributed by atoms with Crippen LogP contribution in [-0.4, -0.2) is 10.1 Å². The van der Waals surface area contributed by atoms with Gasteiger partial charge in [0.2, 0.25) is 0 Å². The second-order valence-corrected chi connectivity index (χ2v) is 5.45. The second kappa shape index (κ2) is 5.57. The van der Waals surface area contributed by atoms with E-state index >= 15 is 0 Å². The zero-order chi connectivity index (χ0) is 14.9. The van der Waals surface area contributed by atoms with E-state index in [4.69, 9.17) is 10.3 Å². The molecular weight excluding hydrogens is 332 g/mol. The van der Waals surface area contributed by atoms with Gasteiger partial charge in [0.05, 0.1) is 5.54 Å². The molecule has 1 aromatic heterocycles. The first-order chi connectivity index (χ1) is 9.41. The van der Waals surface area contributed by atoms with Crippen molar-refractivity contribution in [2.45, 2.75) is 32.2 Å². The average molecular weight is 346 g/mol. The number of nitrogens with two attached hydrogens (primary N) is 1. The fraction of sp³-hybridized carbons (Fsp3) is 0.385. The summed E-state index contributed by atoms with van der Waals surface area (Å²) in [4.78, 5) is 4.05. The van der Waals surface area contributed by atoms with Crippen molar-refractivity contribution in [3.05, 3.63) is 34.1 Å². The summed E-state index contributed by atoms with van der Waals surface area (Å²) >= 11 is 3.01. The van der Waals surface area contributed by atoms with Crippen LogP contribution < -0.4 is 5.73 Å². The van der Waals surface area contributed by atoms with Crippen LogP contribution in [0, 0.1) is 11.6 Å². The summed E-state index contributed by atoms with van der Waals surface area (Å²) in [5.41, 5.74) is 5.02. The maximum atomic E-state index is 13.8. The van der Waals surface area contributed by atoms with Crippen LogP contribution in [0.15, 0.2) is 21.1 Å². The molecule has 108 valence electrons. The first kappa shape index (κ1) is 15.1. The maximum Gasteiger partial charge on any atom is 0.263 e. The zero-order valence-corrected chi connectivity index (χ0v) is 12.7. The quantitative estimate of drug-likeness (QED) is 0.916. The van der Waals surface area contributed by atoms with Crippen molar-refractivity contribution in [3.63, 3.8) is 0 Å². The van der Waals surface area contributed by atoms with Gasteiger partial charge in [0.15, 0.2) is 5.82 Å². The van der Waals surface area contributed by atoms with Crippen LogP contribution in [0.25, 0.3) is 11.5 Å². The molecule has 0 amide bonds. The molecule has 0 unspecified atom stereocenters. The van der Waals surface area contributed by atoms with Crippen LogP contribution in [0.5, 0.6) is 0 Å². The molecule has 0 aliphatic carbocycles. The van der Waals surface area contributed by atoms with Crippen molar-refractivity contribution in [2.75, 3.05) is 0 Å². The van der Waals surface area contributed by atoms with Crippen LogP contribution >= 0.6 is 15.9 Å². The van der Waals surface area contributed by atoms with Crippen molar-refractivity contribution >= 4 is 15.9 Å². The summed E-state index contributed by atoms with van der Waals surface area (Å²) in [5, 5.41) is 3.75. The van der Waals surface area contributed by atoms with Crippen LogP contribution in [0.2, 0.25) is 0 Å². The molecule has 0 fully saturated rings. The highest BCUT2D eigenvalue weighted by molar-refractivity contribution is 9.10. The Hall–Kier alpha value is -1.34. The molecule has 0 saturated carbocycles. The van der Waals surface area contributed by atoms with Crippen molar-refractivity contribution in [2.24, 2.45) is 5.73 Å². The lowest BCUT2D eigenvalue weighted by molar-refractivity contribution is 0.349. The van der Waals surface area contributed by atoms with Crippen molar-refractivity contribution in [1.29, 1.82) is 0 Å². The van der Waals surface area contributed by atoms with E-state index in [-0.39, 0.29) is 17.3 Å². The zero-order valence-electron chi connectivity index (χ0n) is 11.1. The Balaban J connectivity index is 2.49. The van der Waals surface area contributed by atoms with Gasteiger partial charge in [-0.15, -0.1) is 0 Å². The largest absolute Gasteiger partial charge is 0.334 e. The molecule has 2 aromatic rings. The highest BCUT2D eigenvalue weighted by atomic mass is 79.9. The van der Waals surface area contributed by atoms with Crippen molar-refractivity contribution in [3.8, 4) is 11.5 Å². The molecular formula is C13H14BrF2N3O. The molecule has 1 heterocycles. The molecule has 2 rings (SSSR count). The van der Waals surface area contributed by atoms with Gasteiger partial charge in [-0.05, 0) is 25.0 Å². The first-order valence-corrected chi connectivity index (χ1v) is 6.98. The van der Waals surface area contributed by atoms with E-state index in [0.29, 0.717) is 17.3 Å². The van der Waals surface area contributed by atoms with Gasteiger partial charge in [-0.1, -0.05) is 34.9 Å². The molecule has 2 N–H and O–H groups in total. The molecule has 0 radical (unpaired) electrons. The van der Waals surface area contributed by atoms with Gasteiger partial charge in [0.1, 0.15) is 17.2 Å². The summed E-state index contributed by atoms with van der Waals surface area (Å²) < 4.78 is 32.9. The number of benzene rings is 1. The first-order valence-electron chi connectivity index (χ1n) is 6.19. The molecule has 4 nitrogen and oxygen atoms in total. The van der Waals surface area contributed by atoms with E-state index in [2.05, 4.69) is 26.1 Å². The molecule has 0 aliphatic rings. The lowest BCUT2D eigenvalue weighted by atomic mass is 9.93. The third kappa shape index (κ3) is 2.60. The average Bonchev–Trinajstić information content (AvgIpc) is 2.86. The van der Waals surface area contributed by atoms with Crippen molar-refractivity contribution < 1.29 is 13.3 Å². The smallest absolute Gasteiger partial charge is 0.263 e. The van der Waals surface area contributed by atoms with Crippen LogP contribution in [0.4, 0.5) is 8.78 Å². The summed E-state index contributed by atoms with van der Waals surface area (Å²) in [6, 6.07) is 2.27. The van der Waals surface area contributed by atoms with E-state index < -0.39 is 17.2 Å². The minimum Gasteiger partial charge on any atom is -0.334 e. The number of nitrogens with zero attached hydrogens (tertiary/aromatic N) is 2. The number of hydrogen-bond donors (Lipinski definition) is 1. The number of rotatable bonds is 4. The monoisotopic (exact) mass is 345 g/mol. The van der Waals surface area contributed by atoms with Gasteiger partial charge in [-0.3, -0.25) is 0 Å². The summed E-state index contributed by atoms with van der Waals surface area (Å²) in [5.74, 6) is -1.51. The SMILES string of the molecule is CCC(N)(CC)c1noc(-c2c(F)cc(Br)cc2F)n1. The highest BCUT2D eigenvalue weighted by Gasteiger charge is 2.30. The van der Waals surface area contributed by atoms with E-state index in [0.717, 1.165) is 12.1 Å². The number of aromatic nitrogens is 2. The normalized spacial score (nSPS) is 11.9. The maximum absolute atomic E-state index is 13.8. The Morgan fingerprint density at radius 3 is 2.30 bits per heavy atom. The Kier molecular flexibility index (Phi) is 4.19. The van der Waals surface area contributed by atoms with E-state index in [9.17, 15) is 8.78 Å². The Bertz CT molecular complexity index is 603. The molecule has 0 bridgehead atoms. The molecule has 0 aliphatic heterocycles. The topological polar surface area (TPSA) is 64.9 Å². The molecule has 7 heteroatoms. The minimum absolute atomic E-state index is 0.209. The number of halogens is 3. The van der Waals surface area contributed by atoms with Gasteiger partial charge in [-0.2, -0.15) is 4.98 Å². The minimum atomic E-state index is -0.775. The third-order valence-corrected chi connectivity index (χ3v) is 3.81. The van der Waals surface area contributed by atoms with E-state index in [1.165, 1.54) is 0 Å².